The molecular weight excluding hydrogens is 250 g/mol. The van der Waals surface area contributed by atoms with Crippen molar-refractivity contribution in [3.05, 3.63) is 24.3 Å². The van der Waals surface area contributed by atoms with Crippen molar-refractivity contribution in [1.82, 2.24) is 5.32 Å². The molecule has 1 fully saturated rings. The first-order chi connectivity index (χ1) is 9.05. The van der Waals surface area contributed by atoms with Crippen LogP contribution in [0.3, 0.4) is 0 Å². The van der Waals surface area contributed by atoms with Gasteiger partial charge in [-0.1, -0.05) is 0 Å². The first-order valence-electron chi connectivity index (χ1n) is 5.87. The highest BCUT2D eigenvalue weighted by Gasteiger charge is 2.51. The third kappa shape index (κ3) is 3.15. The summed E-state index contributed by atoms with van der Waals surface area (Å²) in [7, 11) is 1.56. The van der Waals surface area contributed by atoms with E-state index in [0.29, 0.717) is 24.3 Å². The first-order valence-corrected chi connectivity index (χ1v) is 5.87. The number of carboxylic acid groups (broad SMARTS) is 1. The Morgan fingerprint density at radius 2 is 1.84 bits per heavy atom. The zero-order valence-electron chi connectivity index (χ0n) is 10.5. The minimum absolute atomic E-state index is 0.207. The maximum Gasteiger partial charge on any atom is 0.329 e. The number of rotatable bonds is 6. The van der Waals surface area contributed by atoms with E-state index in [1.807, 2.05) is 0 Å². The van der Waals surface area contributed by atoms with E-state index in [1.165, 1.54) is 0 Å². The van der Waals surface area contributed by atoms with Crippen molar-refractivity contribution in [2.45, 2.75) is 18.4 Å². The van der Waals surface area contributed by atoms with Gasteiger partial charge in [-0.2, -0.15) is 0 Å². The molecule has 0 heterocycles. The number of hydrogen-bond donors (Lipinski definition) is 2. The fourth-order valence-electron chi connectivity index (χ4n) is 1.64. The van der Waals surface area contributed by atoms with Crippen molar-refractivity contribution in [3.63, 3.8) is 0 Å². The van der Waals surface area contributed by atoms with Gasteiger partial charge in [0.2, 0.25) is 0 Å². The summed E-state index contributed by atoms with van der Waals surface area (Å²) in [6, 6.07) is 6.78. The number of methoxy groups -OCH3 is 1. The predicted molar refractivity (Wildman–Crippen MR) is 66.2 cm³/mol. The van der Waals surface area contributed by atoms with Gasteiger partial charge in [0.1, 0.15) is 17.0 Å². The standard InChI is InChI=1S/C13H15NO5/c1-18-9-2-4-10(5-3-9)19-8-11(15)14-13(6-7-13)12(16)17/h2-5H,6-8H2,1H3,(H,14,15)(H,16,17). The quantitative estimate of drug-likeness (QED) is 0.795. The van der Waals surface area contributed by atoms with E-state index in [9.17, 15) is 9.59 Å². The summed E-state index contributed by atoms with van der Waals surface area (Å²) in [6.07, 6.45) is 0.938. The number of benzene rings is 1. The van der Waals surface area contributed by atoms with Crippen LogP contribution >= 0.6 is 0 Å². The molecular formula is C13H15NO5. The second-order valence-corrected chi connectivity index (χ2v) is 4.40. The van der Waals surface area contributed by atoms with Gasteiger partial charge in [-0.3, -0.25) is 4.79 Å². The number of hydrogen-bond acceptors (Lipinski definition) is 4. The van der Waals surface area contributed by atoms with E-state index in [-0.39, 0.29) is 6.61 Å². The number of carbonyl (C=O) groups excluding carboxylic acids is 1. The van der Waals surface area contributed by atoms with E-state index in [2.05, 4.69) is 5.32 Å². The molecule has 6 heteroatoms. The van der Waals surface area contributed by atoms with Crippen LogP contribution in [0.5, 0.6) is 11.5 Å². The number of nitrogens with one attached hydrogen (secondary N) is 1. The number of carboxylic acids is 1. The van der Waals surface area contributed by atoms with Crippen LogP contribution in [-0.4, -0.2) is 36.2 Å². The Bertz CT molecular complexity index is 478. The third-order valence-corrected chi connectivity index (χ3v) is 2.97. The number of aliphatic carboxylic acids is 1. The van der Waals surface area contributed by atoms with Crippen molar-refractivity contribution < 1.29 is 24.2 Å². The largest absolute Gasteiger partial charge is 0.497 e. The van der Waals surface area contributed by atoms with Crippen molar-refractivity contribution in [2.24, 2.45) is 0 Å². The number of amides is 1. The lowest BCUT2D eigenvalue weighted by molar-refractivity contribution is -0.143. The summed E-state index contributed by atoms with van der Waals surface area (Å²) in [5, 5.41) is 11.4. The summed E-state index contributed by atoms with van der Waals surface area (Å²) >= 11 is 0. The predicted octanol–water partition coefficient (Wildman–Crippen LogP) is 0.807. The van der Waals surface area contributed by atoms with E-state index >= 15 is 0 Å². The molecule has 2 rings (SSSR count). The Hall–Kier alpha value is -2.24. The van der Waals surface area contributed by atoms with Gasteiger partial charge >= 0.3 is 5.97 Å². The molecule has 1 aliphatic carbocycles. The average molecular weight is 265 g/mol. The highest BCUT2D eigenvalue weighted by molar-refractivity contribution is 5.90. The lowest BCUT2D eigenvalue weighted by Gasteiger charge is -2.13. The topological polar surface area (TPSA) is 84.9 Å². The SMILES string of the molecule is COc1ccc(OCC(=O)NC2(C(=O)O)CC2)cc1. The fourth-order valence-corrected chi connectivity index (χ4v) is 1.64. The lowest BCUT2D eigenvalue weighted by Crippen LogP contribution is -2.45. The van der Waals surface area contributed by atoms with E-state index in [4.69, 9.17) is 14.6 Å². The highest BCUT2D eigenvalue weighted by atomic mass is 16.5. The Morgan fingerprint density at radius 1 is 1.26 bits per heavy atom. The normalized spacial score (nSPS) is 15.4. The molecule has 0 aliphatic heterocycles. The summed E-state index contributed by atoms with van der Waals surface area (Å²) in [5.41, 5.74) is -1.07. The molecule has 0 spiro atoms. The molecule has 19 heavy (non-hydrogen) atoms. The Morgan fingerprint density at radius 3 is 2.32 bits per heavy atom. The average Bonchev–Trinajstić information content (AvgIpc) is 3.18. The minimum atomic E-state index is -1.07. The molecule has 102 valence electrons. The second-order valence-electron chi connectivity index (χ2n) is 4.40. The monoisotopic (exact) mass is 265 g/mol. The molecule has 0 radical (unpaired) electrons. The Balaban J connectivity index is 1.81. The maximum absolute atomic E-state index is 11.6. The van der Waals surface area contributed by atoms with Crippen molar-refractivity contribution >= 4 is 11.9 Å². The minimum Gasteiger partial charge on any atom is -0.497 e. The number of ether oxygens (including phenoxy) is 2. The molecule has 1 saturated carbocycles. The van der Waals surface area contributed by atoms with Gasteiger partial charge in [-0.05, 0) is 37.1 Å². The second kappa shape index (κ2) is 5.17. The first kappa shape index (κ1) is 13.2. The molecule has 0 atom stereocenters. The highest BCUT2D eigenvalue weighted by Crippen LogP contribution is 2.35. The van der Waals surface area contributed by atoms with Gasteiger partial charge in [0, 0.05) is 0 Å². The van der Waals surface area contributed by atoms with Gasteiger partial charge in [-0.25, -0.2) is 4.79 Å². The fraction of sp³-hybridized carbons (Fsp3) is 0.385. The maximum atomic E-state index is 11.6. The third-order valence-electron chi connectivity index (χ3n) is 2.97. The van der Waals surface area contributed by atoms with Gasteiger partial charge in [0.25, 0.3) is 5.91 Å². The lowest BCUT2D eigenvalue weighted by atomic mass is 10.3. The van der Waals surface area contributed by atoms with Crippen LogP contribution in [-0.2, 0) is 9.59 Å². The van der Waals surface area contributed by atoms with Gasteiger partial charge in [0.05, 0.1) is 7.11 Å². The van der Waals surface area contributed by atoms with Crippen LogP contribution in [0.15, 0.2) is 24.3 Å². The van der Waals surface area contributed by atoms with Crippen molar-refractivity contribution in [3.8, 4) is 11.5 Å². The Kier molecular flexibility index (Phi) is 3.59. The van der Waals surface area contributed by atoms with Crippen LogP contribution in [0.25, 0.3) is 0 Å². The zero-order chi connectivity index (χ0) is 13.9. The van der Waals surface area contributed by atoms with Crippen LogP contribution in [0, 0.1) is 0 Å². The molecule has 2 N–H and O–H groups in total. The van der Waals surface area contributed by atoms with Crippen molar-refractivity contribution in [1.29, 1.82) is 0 Å². The molecule has 1 aliphatic rings. The van der Waals surface area contributed by atoms with Gasteiger partial charge in [0.15, 0.2) is 6.61 Å². The van der Waals surface area contributed by atoms with Crippen LogP contribution in [0.1, 0.15) is 12.8 Å². The molecule has 0 aromatic heterocycles. The Labute approximate surface area is 110 Å². The van der Waals surface area contributed by atoms with Gasteiger partial charge in [-0.15, -0.1) is 0 Å². The summed E-state index contributed by atoms with van der Waals surface area (Å²) in [6.45, 7) is -0.207. The molecule has 6 nitrogen and oxygen atoms in total. The summed E-state index contributed by atoms with van der Waals surface area (Å²) in [5.74, 6) is -0.211. The zero-order valence-corrected chi connectivity index (χ0v) is 10.5. The van der Waals surface area contributed by atoms with E-state index < -0.39 is 17.4 Å². The van der Waals surface area contributed by atoms with Crippen LogP contribution in [0.4, 0.5) is 0 Å². The molecule has 0 bridgehead atoms. The van der Waals surface area contributed by atoms with Crippen molar-refractivity contribution in [2.75, 3.05) is 13.7 Å². The van der Waals surface area contributed by atoms with Crippen LogP contribution in [0.2, 0.25) is 0 Å². The summed E-state index contributed by atoms with van der Waals surface area (Å²) in [4.78, 5) is 22.5. The summed E-state index contributed by atoms with van der Waals surface area (Å²) < 4.78 is 10.3. The van der Waals surface area contributed by atoms with E-state index in [0.717, 1.165) is 0 Å². The molecule has 0 unspecified atom stereocenters. The molecule has 1 aromatic carbocycles. The number of carbonyl (C=O) groups is 2. The van der Waals surface area contributed by atoms with Crippen LogP contribution < -0.4 is 14.8 Å². The molecule has 1 amide bonds. The molecule has 0 saturated heterocycles. The van der Waals surface area contributed by atoms with E-state index in [1.54, 1.807) is 31.4 Å². The molecule has 1 aromatic rings. The van der Waals surface area contributed by atoms with Gasteiger partial charge < -0.3 is 19.9 Å². The smallest absolute Gasteiger partial charge is 0.329 e.